The van der Waals surface area contributed by atoms with E-state index in [2.05, 4.69) is 22.1 Å². The summed E-state index contributed by atoms with van der Waals surface area (Å²) in [5.41, 5.74) is 5.07. The molecule has 4 rings (SSSR count). The fraction of sp³-hybridized carbons (Fsp3) is 0.130. The Balaban J connectivity index is 1.83. The Morgan fingerprint density at radius 1 is 0.828 bits per heavy atom. The predicted octanol–water partition coefficient (Wildman–Crippen LogP) is 4.79. The van der Waals surface area contributed by atoms with Gasteiger partial charge < -0.3 is 19.2 Å². The van der Waals surface area contributed by atoms with Crippen molar-refractivity contribution < 1.29 is 14.2 Å². The summed E-state index contributed by atoms with van der Waals surface area (Å²) >= 11 is 0. The van der Waals surface area contributed by atoms with Gasteiger partial charge in [-0.3, -0.25) is 0 Å². The Morgan fingerprint density at radius 3 is 2.28 bits per heavy atom. The summed E-state index contributed by atoms with van der Waals surface area (Å²) in [6.07, 6.45) is 3.72. The summed E-state index contributed by atoms with van der Waals surface area (Å²) in [7, 11) is 4.78. The van der Waals surface area contributed by atoms with Crippen molar-refractivity contribution in [3.05, 3.63) is 60.4 Å². The summed E-state index contributed by atoms with van der Waals surface area (Å²) in [6.45, 7) is 0. The minimum atomic E-state index is 0.489. The molecule has 0 aliphatic carbocycles. The lowest BCUT2D eigenvalue weighted by atomic mass is 10.0. The van der Waals surface area contributed by atoms with Crippen molar-refractivity contribution in [2.24, 2.45) is 0 Å². The van der Waals surface area contributed by atoms with E-state index in [4.69, 9.17) is 14.2 Å². The molecule has 2 aromatic heterocycles. The maximum absolute atomic E-state index is 9.40. The van der Waals surface area contributed by atoms with Crippen LogP contribution in [-0.2, 0) is 0 Å². The lowest BCUT2D eigenvalue weighted by Gasteiger charge is -2.10. The number of fused-ring (bicyclic) bond motifs is 1. The average Bonchev–Trinajstić information content (AvgIpc) is 3.21. The molecular formula is C23H19N3O3. The number of rotatable bonds is 5. The predicted molar refractivity (Wildman–Crippen MR) is 111 cm³/mol. The minimum absolute atomic E-state index is 0.489. The van der Waals surface area contributed by atoms with Crippen LogP contribution in [0.15, 0.2) is 54.9 Å². The fourth-order valence-electron chi connectivity index (χ4n) is 3.38. The highest BCUT2D eigenvalue weighted by molar-refractivity contribution is 5.96. The van der Waals surface area contributed by atoms with Gasteiger partial charge in [0, 0.05) is 28.9 Å². The zero-order valence-electron chi connectivity index (χ0n) is 16.3. The van der Waals surface area contributed by atoms with Crippen molar-refractivity contribution >= 4 is 11.0 Å². The van der Waals surface area contributed by atoms with E-state index in [1.54, 1.807) is 27.4 Å². The van der Waals surface area contributed by atoms with Gasteiger partial charge in [0.25, 0.3) is 0 Å². The van der Waals surface area contributed by atoms with E-state index < -0.39 is 0 Å². The van der Waals surface area contributed by atoms with Crippen LogP contribution in [0, 0.1) is 11.3 Å². The first kappa shape index (κ1) is 18.4. The number of nitrogens with one attached hydrogen (secondary N) is 1. The number of nitrogens with zero attached hydrogens (tertiary/aromatic N) is 2. The lowest BCUT2D eigenvalue weighted by Crippen LogP contribution is -1.91. The van der Waals surface area contributed by atoms with Crippen LogP contribution >= 0.6 is 0 Å². The summed E-state index contributed by atoms with van der Waals surface area (Å²) < 4.78 is 16.0. The van der Waals surface area contributed by atoms with Crippen molar-refractivity contribution in [3.8, 4) is 45.6 Å². The van der Waals surface area contributed by atoms with Crippen LogP contribution in [0.3, 0.4) is 0 Å². The molecule has 6 nitrogen and oxygen atoms in total. The third kappa shape index (κ3) is 3.23. The van der Waals surface area contributed by atoms with Gasteiger partial charge in [-0.1, -0.05) is 12.1 Å². The van der Waals surface area contributed by atoms with E-state index in [0.29, 0.717) is 22.8 Å². The van der Waals surface area contributed by atoms with Crippen molar-refractivity contribution in [1.82, 2.24) is 9.97 Å². The largest absolute Gasteiger partial charge is 0.495 e. The molecule has 29 heavy (non-hydrogen) atoms. The van der Waals surface area contributed by atoms with Crippen LogP contribution in [0.4, 0.5) is 0 Å². The Bertz CT molecular complexity index is 1240. The Hall–Kier alpha value is -3.98. The van der Waals surface area contributed by atoms with Crippen LogP contribution in [0.25, 0.3) is 33.3 Å². The zero-order valence-corrected chi connectivity index (χ0v) is 16.3. The van der Waals surface area contributed by atoms with E-state index >= 15 is 0 Å². The van der Waals surface area contributed by atoms with Gasteiger partial charge in [0.2, 0.25) is 0 Å². The minimum Gasteiger partial charge on any atom is -0.495 e. The number of H-pyrrole nitrogens is 1. The van der Waals surface area contributed by atoms with Crippen molar-refractivity contribution in [2.45, 2.75) is 0 Å². The van der Waals surface area contributed by atoms with E-state index in [1.807, 2.05) is 42.7 Å². The molecule has 0 saturated heterocycles. The molecule has 0 atom stereocenters. The third-order valence-electron chi connectivity index (χ3n) is 4.88. The number of aromatic amines is 1. The number of hydrogen-bond acceptors (Lipinski definition) is 5. The average molecular weight is 385 g/mol. The molecular weight excluding hydrogens is 366 g/mol. The summed E-state index contributed by atoms with van der Waals surface area (Å²) in [6, 6.07) is 15.6. The number of nitriles is 1. The van der Waals surface area contributed by atoms with Crippen LogP contribution in [0.1, 0.15) is 5.56 Å². The van der Waals surface area contributed by atoms with Crippen molar-refractivity contribution in [1.29, 1.82) is 5.26 Å². The molecule has 1 N–H and O–H groups in total. The number of aromatic nitrogens is 2. The summed E-state index contributed by atoms with van der Waals surface area (Å²) in [5.74, 6) is 1.89. The normalized spacial score (nSPS) is 10.6. The quantitative estimate of drug-likeness (QED) is 0.534. The number of ether oxygens (including phenoxy) is 3. The standard InChI is InChI=1S/C23H19N3O3/c1-27-20-6-5-15(8-16(20)11-24)19-13-26-23-18(19)9-17(12-25-23)14-4-7-21(28-2)22(10-14)29-3/h4-10,12-13H,1-3H3,(H,25,26). The summed E-state index contributed by atoms with van der Waals surface area (Å²) in [4.78, 5) is 7.76. The van der Waals surface area contributed by atoms with Crippen LogP contribution in [0.5, 0.6) is 17.2 Å². The zero-order chi connectivity index (χ0) is 20.4. The first-order chi connectivity index (χ1) is 14.2. The highest BCUT2D eigenvalue weighted by Gasteiger charge is 2.13. The second kappa shape index (κ2) is 7.56. The second-order valence-corrected chi connectivity index (χ2v) is 6.42. The smallest absolute Gasteiger partial charge is 0.161 e. The second-order valence-electron chi connectivity index (χ2n) is 6.42. The molecule has 2 heterocycles. The molecule has 0 unspecified atom stereocenters. The third-order valence-corrected chi connectivity index (χ3v) is 4.88. The number of hydrogen-bond donors (Lipinski definition) is 1. The van der Waals surface area contributed by atoms with Gasteiger partial charge in [0.15, 0.2) is 11.5 Å². The van der Waals surface area contributed by atoms with Crippen LogP contribution in [0.2, 0.25) is 0 Å². The SMILES string of the molecule is COc1ccc(-c2c[nH]c3ncc(-c4ccc(OC)c(OC)c4)cc23)cc1C#N. The van der Waals surface area contributed by atoms with Crippen molar-refractivity contribution in [2.75, 3.05) is 21.3 Å². The highest BCUT2D eigenvalue weighted by atomic mass is 16.5. The van der Waals surface area contributed by atoms with Gasteiger partial charge in [-0.25, -0.2) is 4.98 Å². The van der Waals surface area contributed by atoms with Gasteiger partial charge in [0.05, 0.1) is 26.9 Å². The maximum atomic E-state index is 9.40. The first-order valence-corrected chi connectivity index (χ1v) is 8.96. The lowest BCUT2D eigenvalue weighted by molar-refractivity contribution is 0.355. The molecule has 0 fully saturated rings. The van der Waals surface area contributed by atoms with Gasteiger partial charge in [-0.2, -0.15) is 5.26 Å². The number of methoxy groups -OCH3 is 3. The molecule has 0 radical (unpaired) electrons. The monoisotopic (exact) mass is 385 g/mol. The molecule has 0 aliphatic heterocycles. The summed E-state index contributed by atoms with van der Waals surface area (Å²) in [5, 5.41) is 10.4. The molecule has 2 aromatic carbocycles. The first-order valence-electron chi connectivity index (χ1n) is 8.96. The number of pyridine rings is 1. The number of benzene rings is 2. The molecule has 0 bridgehead atoms. The van der Waals surface area contributed by atoms with Crippen LogP contribution in [-0.4, -0.2) is 31.3 Å². The van der Waals surface area contributed by atoms with E-state index in [0.717, 1.165) is 33.3 Å². The van der Waals surface area contributed by atoms with Gasteiger partial charge in [-0.05, 0) is 41.5 Å². The molecule has 144 valence electrons. The van der Waals surface area contributed by atoms with Gasteiger partial charge >= 0.3 is 0 Å². The molecule has 6 heteroatoms. The van der Waals surface area contributed by atoms with E-state index in [-0.39, 0.29) is 0 Å². The van der Waals surface area contributed by atoms with Crippen LogP contribution < -0.4 is 14.2 Å². The van der Waals surface area contributed by atoms with E-state index in [1.165, 1.54) is 0 Å². The topological polar surface area (TPSA) is 80.2 Å². The molecule has 0 aliphatic rings. The molecule has 0 saturated carbocycles. The van der Waals surface area contributed by atoms with Gasteiger partial charge in [-0.15, -0.1) is 0 Å². The highest BCUT2D eigenvalue weighted by Crippen LogP contribution is 2.35. The Morgan fingerprint density at radius 2 is 1.55 bits per heavy atom. The fourth-order valence-corrected chi connectivity index (χ4v) is 3.38. The Kier molecular flexibility index (Phi) is 4.80. The maximum Gasteiger partial charge on any atom is 0.161 e. The van der Waals surface area contributed by atoms with E-state index in [9.17, 15) is 5.26 Å². The van der Waals surface area contributed by atoms with Crippen molar-refractivity contribution in [3.63, 3.8) is 0 Å². The van der Waals surface area contributed by atoms with Gasteiger partial charge in [0.1, 0.15) is 17.5 Å². The Labute approximate surface area is 168 Å². The molecule has 0 amide bonds. The molecule has 4 aromatic rings. The molecule has 0 spiro atoms.